The van der Waals surface area contributed by atoms with Crippen molar-refractivity contribution >= 4 is 34.8 Å². The van der Waals surface area contributed by atoms with Crippen molar-refractivity contribution in [3.05, 3.63) is 23.8 Å². The van der Waals surface area contributed by atoms with E-state index in [2.05, 4.69) is 15.6 Å². The van der Waals surface area contributed by atoms with Gasteiger partial charge in [-0.05, 0) is 25.3 Å². The van der Waals surface area contributed by atoms with Crippen molar-refractivity contribution in [2.75, 3.05) is 0 Å². The van der Waals surface area contributed by atoms with Crippen LogP contribution >= 0.6 is 0 Å². The molecule has 2 fully saturated rings. The molecular weight excluding hydrogens is 388 g/mol. The second-order valence-corrected chi connectivity index (χ2v) is 7.80. The number of fused-ring (bicyclic) bond motifs is 1. The lowest BCUT2D eigenvalue weighted by Crippen LogP contribution is -2.41. The number of aromatic hydroxyl groups is 2. The predicted octanol–water partition coefficient (Wildman–Crippen LogP) is 2.49. The highest BCUT2D eigenvalue weighted by molar-refractivity contribution is 6.08. The molecule has 1 aromatic carbocycles. The zero-order valence-corrected chi connectivity index (χ0v) is 16.4. The molecule has 2 heterocycles. The maximum atomic E-state index is 12.2. The fraction of sp³-hybridized carbons (Fsp3) is 0.429. The van der Waals surface area contributed by atoms with Gasteiger partial charge in [0.25, 0.3) is 0 Å². The van der Waals surface area contributed by atoms with E-state index in [4.69, 9.17) is 0 Å². The Balaban J connectivity index is 1.62. The van der Waals surface area contributed by atoms with Gasteiger partial charge in [-0.15, -0.1) is 0 Å². The van der Waals surface area contributed by atoms with E-state index >= 15 is 0 Å². The van der Waals surface area contributed by atoms with Crippen LogP contribution in [-0.4, -0.2) is 44.9 Å². The van der Waals surface area contributed by atoms with Crippen LogP contribution in [0.25, 0.3) is 10.8 Å². The molecule has 1 aliphatic heterocycles. The Bertz CT molecular complexity index is 1040. The van der Waals surface area contributed by atoms with Gasteiger partial charge in [-0.25, -0.2) is 9.79 Å². The summed E-state index contributed by atoms with van der Waals surface area (Å²) in [5.74, 6) is -1.56. The molecule has 2 aliphatic rings. The summed E-state index contributed by atoms with van der Waals surface area (Å²) in [6.07, 6.45) is 6.88. The minimum Gasteiger partial charge on any atom is -0.494 e. The SMILES string of the molecule is O=C1CCC(n2c(O)c3cccc(C=NC(=O)NC4CCCCC4)c3c2O)C(=O)N1. The zero-order valence-electron chi connectivity index (χ0n) is 16.4. The van der Waals surface area contributed by atoms with Crippen molar-refractivity contribution in [3.63, 3.8) is 0 Å². The molecule has 1 saturated carbocycles. The smallest absolute Gasteiger partial charge is 0.341 e. The van der Waals surface area contributed by atoms with Crippen molar-refractivity contribution in [1.82, 2.24) is 15.2 Å². The van der Waals surface area contributed by atoms with Gasteiger partial charge in [0.1, 0.15) is 6.04 Å². The van der Waals surface area contributed by atoms with Crippen molar-refractivity contribution < 1.29 is 24.6 Å². The Kier molecular flexibility index (Phi) is 5.43. The second-order valence-electron chi connectivity index (χ2n) is 7.80. The average molecular weight is 412 g/mol. The number of hydrogen-bond donors (Lipinski definition) is 4. The van der Waals surface area contributed by atoms with Crippen LogP contribution in [0.5, 0.6) is 11.8 Å². The summed E-state index contributed by atoms with van der Waals surface area (Å²) in [6, 6.07) is 3.70. The van der Waals surface area contributed by atoms with Crippen LogP contribution in [0, 0.1) is 0 Å². The number of carbonyl (C=O) groups excluding carboxylic acids is 3. The molecule has 158 valence electrons. The fourth-order valence-electron chi connectivity index (χ4n) is 4.27. The third-order valence-electron chi connectivity index (χ3n) is 5.79. The Morgan fingerprint density at radius 2 is 1.90 bits per heavy atom. The second kappa shape index (κ2) is 8.17. The molecule has 9 heteroatoms. The lowest BCUT2D eigenvalue weighted by molar-refractivity contribution is -0.135. The summed E-state index contributed by atoms with van der Waals surface area (Å²) >= 11 is 0. The van der Waals surface area contributed by atoms with E-state index in [1.165, 1.54) is 12.6 Å². The van der Waals surface area contributed by atoms with E-state index in [1.807, 2.05) is 0 Å². The zero-order chi connectivity index (χ0) is 21.3. The standard InChI is InChI=1S/C21H24N4O5/c26-16-10-9-15(18(27)24-16)25-19(28)14-8-4-5-12(17(14)20(25)29)11-22-21(30)23-13-6-2-1-3-7-13/h4-5,8,11,13,15,28-29H,1-3,6-7,9-10H2,(H,23,30)(H,24,26,27). The molecule has 0 bridgehead atoms. The topological polar surface area (TPSA) is 133 Å². The summed E-state index contributed by atoms with van der Waals surface area (Å²) in [5, 5.41) is 27.2. The number of urea groups is 1. The van der Waals surface area contributed by atoms with Gasteiger partial charge in [0.05, 0.1) is 5.39 Å². The molecule has 9 nitrogen and oxygen atoms in total. The molecule has 1 atom stereocenters. The molecule has 0 spiro atoms. The summed E-state index contributed by atoms with van der Waals surface area (Å²) in [6.45, 7) is 0. The predicted molar refractivity (Wildman–Crippen MR) is 110 cm³/mol. The van der Waals surface area contributed by atoms with E-state index in [1.54, 1.807) is 18.2 Å². The number of imide groups is 1. The highest BCUT2D eigenvalue weighted by Gasteiger charge is 2.33. The Morgan fingerprint density at radius 3 is 2.63 bits per heavy atom. The van der Waals surface area contributed by atoms with Crippen molar-refractivity contribution in [1.29, 1.82) is 0 Å². The number of hydrogen-bond acceptors (Lipinski definition) is 5. The molecule has 0 radical (unpaired) electrons. The summed E-state index contributed by atoms with van der Waals surface area (Å²) in [7, 11) is 0. The highest BCUT2D eigenvalue weighted by atomic mass is 16.3. The van der Waals surface area contributed by atoms with Gasteiger partial charge in [0, 0.05) is 29.6 Å². The maximum Gasteiger partial charge on any atom is 0.341 e. The van der Waals surface area contributed by atoms with E-state index < -0.39 is 18.0 Å². The van der Waals surface area contributed by atoms with Crippen molar-refractivity contribution in [2.45, 2.75) is 57.0 Å². The Hall–Kier alpha value is -3.36. The lowest BCUT2D eigenvalue weighted by atomic mass is 9.96. The van der Waals surface area contributed by atoms with Crippen LogP contribution in [-0.2, 0) is 9.59 Å². The third-order valence-corrected chi connectivity index (χ3v) is 5.79. The number of benzene rings is 1. The molecular formula is C21H24N4O5. The maximum absolute atomic E-state index is 12.2. The summed E-state index contributed by atoms with van der Waals surface area (Å²) in [5.41, 5.74) is 0.435. The van der Waals surface area contributed by atoms with Gasteiger partial charge in [-0.3, -0.25) is 19.5 Å². The fourth-order valence-corrected chi connectivity index (χ4v) is 4.27. The minimum atomic E-state index is -0.908. The number of aromatic nitrogens is 1. The highest BCUT2D eigenvalue weighted by Crippen LogP contribution is 2.41. The van der Waals surface area contributed by atoms with Crippen LogP contribution in [0.1, 0.15) is 56.6 Å². The summed E-state index contributed by atoms with van der Waals surface area (Å²) in [4.78, 5) is 39.8. The normalized spacial score (nSPS) is 20.6. The molecule has 1 saturated heterocycles. The van der Waals surface area contributed by atoms with Crippen molar-refractivity contribution in [3.8, 4) is 11.8 Å². The van der Waals surface area contributed by atoms with E-state index in [9.17, 15) is 24.6 Å². The Labute approximate surface area is 172 Å². The number of rotatable bonds is 3. The third kappa shape index (κ3) is 3.74. The average Bonchev–Trinajstić information content (AvgIpc) is 2.98. The summed E-state index contributed by atoms with van der Waals surface area (Å²) < 4.78 is 1.12. The molecule has 1 aliphatic carbocycles. The monoisotopic (exact) mass is 412 g/mol. The molecule has 4 rings (SSSR count). The van der Waals surface area contributed by atoms with Gasteiger partial charge in [-0.2, -0.15) is 0 Å². The van der Waals surface area contributed by atoms with Crippen LogP contribution in [0.4, 0.5) is 4.79 Å². The van der Waals surface area contributed by atoms with Gasteiger partial charge in [0.15, 0.2) is 0 Å². The number of aliphatic imine (C=N–C) groups is 1. The van der Waals surface area contributed by atoms with Gasteiger partial charge in [-0.1, -0.05) is 31.4 Å². The molecule has 4 amide bonds. The quantitative estimate of drug-likeness (QED) is 0.454. The van der Waals surface area contributed by atoms with Gasteiger partial charge >= 0.3 is 6.03 Å². The number of nitrogens with zero attached hydrogens (tertiary/aromatic N) is 2. The molecule has 2 aromatic rings. The van der Waals surface area contributed by atoms with Crippen molar-refractivity contribution in [2.24, 2.45) is 4.99 Å². The molecule has 4 N–H and O–H groups in total. The van der Waals surface area contributed by atoms with Gasteiger partial charge in [0.2, 0.25) is 23.6 Å². The van der Waals surface area contributed by atoms with E-state index in [0.717, 1.165) is 30.3 Å². The first-order valence-electron chi connectivity index (χ1n) is 10.2. The number of carbonyl (C=O) groups is 3. The first-order chi connectivity index (χ1) is 14.5. The van der Waals surface area contributed by atoms with E-state index in [-0.39, 0.29) is 41.9 Å². The van der Waals surface area contributed by atoms with Crippen LogP contribution in [0.3, 0.4) is 0 Å². The number of amides is 4. The Morgan fingerprint density at radius 1 is 1.13 bits per heavy atom. The molecule has 30 heavy (non-hydrogen) atoms. The lowest BCUT2D eigenvalue weighted by Gasteiger charge is -2.23. The van der Waals surface area contributed by atoms with Crippen LogP contribution in [0.15, 0.2) is 23.2 Å². The molecule has 1 unspecified atom stereocenters. The van der Waals surface area contributed by atoms with Crippen LogP contribution < -0.4 is 10.6 Å². The number of nitrogens with one attached hydrogen (secondary N) is 2. The first-order valence-corrected chi connectivity index (χ1v) is 10.2. The first kappa shape index (κ1) is 19.9. The van der Waals surface area contributed by atoms with Crippen LogP contribution in [0.2, 0.25) is 0 Å². The molecule has 1 aromatic heterocycles. The van der Waals surface area contributed by atoms with E-state index in [0.29, 0.717) is 10.9 Å². The van der Waals surface area contributed by atoms with Gasteiger partial charge < -0.3 is 15.5 Å². The minimum absolute atomic E-state index is 0.111. The number of piperidine rings is 1. The largest absolute Gasteiger partial charge is 0.494 e.